The number of halogens is 1. The number of likely N-dealkylation sites (N-methyl/N-ethyl adjacent to an activating group) is 1. The van der Waals surface area contributed by atoms with E-state index in [0.29, 0.717) is 18.7 Å². The molecule has 0 bridgehead atoms. The lowest BCUT2D eigenvalue weighted by Crippen LogP contribution is -2.52. The van der Waals surface area contributed by atoms with E-state index in [2.05, 4.69) is 15.5 Å². The van der Waals surface area contributed by atoms with Crippen LogP contribution in [0, 0.1) is 11.7 Å². The van der Waals surface area contributed by atoms with Gasteiger partial charge in [0.25, 0.3) is 0 Å². The van der Waals surface area contributed by atoms with Crippen molar-refractivity contribution in [3.8, 4) is 0 Å². The average Bonchev–Trinajstić information content (AvgIpc) is 3.14. The van der Waals surface area contributed by atoms with Crippen LogP contribution in [0.25, 0.3) is 0 Å². The van der Waals surface area contributed by atoms with Gasteiger partial charge >= 0.3 is 6.09 Å². The molecule has 10 heteroatoms. The zero-order chi connectivity index (χ0) is 28.7. The number of rotatable bonds is 7. The lowest BCUT2D eigenvalue weighted by Gasteiger charge is -2.36. The lowest BCUT2D eigenvalue weighted by atomic mass is 9.90. The highest BCUT2D eigenvalue weighted by atomic mass is 19.1. The van der Waals surface area contributed by atoms with Gasteiger partial charge in [0.15, 0.2) is 0 Å². The molecule has 1 aromatic carbocycles. The maximum absolute atomic E-state index is 15.3. The van der Waals surface area contributed by atoms with Gasteiger partial charge in [0.1, 0.15) is 11.4 Å². The summed E-state index contributed by atoms with van der Waals surface area (Å²) in [6.45, 7) is 9.53. The summed E-state index contributed by atoms with van der Waals surface area (Å²) in [5, 5.41) is 5.41. The summed E-state index contributed by atoms with van der Waals surface area (Å²) < 4.78 is 20.7. The minimum Gasteiger partial charge on any atom is -0.444 e. The normalized spacial score (nSPS) is 19.9. The van der Waals surface area contributed by atoms with Gasteiger partial charge in [-0.1, -0.05) is 31.7 Å². The molecule has 0 spiro atoms. The standard InChI is InChI=1S/C29H46FN5O4/c1-19(32-28(38)39-29(2,3)4)24(27(37)35-16-14-34(5)15-17-35)21-12-13-23(22(30)18-21)33-26(36)25(31)20-10-8-6-7-9-11-20/h12-13,18-20,24-25H,6-11,14-17,31H2,1-5H3,(H,32,38)(H,33,36)/t19-,24-,25+/m1/s1. The highest BCUT2D eigenvalue weighted by Gasteiger charge is 2.34. The largest absolute Gasteiger partial charge is 0.444 e. The van der Waals surface area contributed by atoms with E-state index in [-0.39, 0.29) is 17.5 Å². The molecule has 2 fully saturated rings. The highest BCUT2D eigenvalue weighted by Crippen LogP contribution is 2.29. The average molecular weight is 548 g/mol. The number of nitrogens with zero attached hydrogens (tertiary/aromatic N) is 2. The number of hydrogen-bond donors (Lipinski definition) is 3. The van der Waals surface area contributed by atoms with E-state index >= 15 is 4.39 Å². The molecule has 0 radical (unpaired) electrons. The Bertz CT molecular complexity index is 998. The predicted molar refractivity (Wildman–Crippen MR) is 150 cm³/mol. The summed E-state index contributed by atoms with van der Waals surface area (Å²) in [5.41, 5.74) is 5.98. The molecule has 0 aromatic heterocycles. The van der Waals surface area contributed by atoms with Crippen molar-refractivity contribution in [1.82, 2.24) is 15.1 Å². The summed E-state index contributed by atoms with van der Waals surface area (Å²) in [5.74, 6) is -2.01. The molecule has 0 unspecified atom stereocenters. The van der Waals surface area contributed by atoms with Gasteiger partial charge in [-0.3, -0.25) is 9.59 Å². The summed E-state index contributed by atoms with van der Waals surface area (Å²) >= 11 is 0. The van der Waals surface area contributed by atoms with Gasteiger partial charge < -0.3 is 30.9 Å². The van der Waals surface area contributed by atoms with Gasteiger partial charge in [-0.15, -0.1) is 0 Å². The monoisotopic (exact) mass is 547 g/mol. The van der Waals surface area contributed by atoms with Crippen LogP contribution in [0.3, 0.4) is 0 Å². The Labute approximate surface area is 232 Å². The number of ether oxygens (including phenoxy) is 1. The van der Waals surface area contributed by atoms with Gasteiger partial charge in [-0.25, -0.2) is 9.18 Å². The molecule has 3 atom stereocenters. The van der Waals surface area contributed by atoms with Gasteiger partial charge in [0, 0.05) is 32.2 Å². The topological polar surface area (TPSA) is 117 Å². The number of alkyl carbamates (subject to hydrolysis) is 1. The molecule has 1 saturated heterocycles. The predicted octanol–water partition coefficient (Wildman–Crippen LogP) is 3.83. The van der Waals surface area contributed by atoms with Crippen LogP contribution in [0.4, 0.5) is 14.9 Å². The Morgan fingerprint density at radius 2 is 1.67 bits per heavy atom. The third-order valence-corrected chi connectivity index (χ3v) is 7.65. The number of anilines is 1. The smallest absolute Gasteiger partial charge is 0.407 e. The van der Waals surface area contributed by atoms with Crippen molar-refractivity contribution < 1.29 is 23.5 Å². The zero-order valence-corrected chi connectivity index (χ0v) is 24.1. The molecule has 4 N–H and O–H groups in total. The molecule has 1 aliphatic carbocycles. The zero-order valence-electron chi connectivity index (χ0n) is 24.1. The third-order valence-electron chi connectivity index (χ3n) is 7.65. The van der Waals surface area contributed by atoms with E-state index in [4.69, 9.17) is 10.5 Å². The Kier molecular flexibility index (Phi) is 10.7. The fraction of sp³-hybridized carbons (Fsp3) is 0.690. The van der Waals surface area contributed by atoms with Crippen LogP contribution in [-0.4, -0.2) is 78.6 Å². The first-order chi connectivity index (χ1) is 18.4. The van der Waals surface area contributed by atoms with E-state index in [1.54, 1.807) is 38.7 Å². The van der Waals surface area contributed by atoms with Crippen LogP contribution in [0.15, 0.2) is 18.2 Å². The van der Waals surface area contributed by atoms with Crippen LogP contribution >= 0.6 is 0 Å². The van der Waals surface area contributed by atoms with Crippen molar-refractivity contribution in [2.75, 3.05) is 38.5 Å². The van der Waals surface area contributed by atoms with Gasteiger partial charge in [0.2, 0.25) is 11.8 Å². The molecule has 1 heterocycles. The van der Waals surface area contributed by atoms with Crippen LogP contribution in [0.1, 0.15) is 77.7 Å². The van der Waals surface area contributed by atoms with Crippen molar-refractivity contribution in [1.29, 1.82) is 0 Å². The van der Waals surface area contributed by atoms with Gasteiger partial charge in [-0.2, -0.15) is 0 Å². The van der Waals surface area contributed by atoms with Crippen LogP contribution in [0.5, 0.6) is 0 Å². The summed E-state index contributed by atoms with van der Waals surface area (Å²) in [6.07, 6.45) is 5.54. The van der Waals surface area contributed by atoms with Gasteiger partial charge in [-0.05, 0) is 71.2 Å². The van der Waals surface area contributed by atoms with Crippen LogP contribution in [0.2, 0.25) is 0 Å². The van der Waals surface area contributed by atoms with Crippen LogP contribution < -0.4 is 16.4 Å². The van der Waals surface area contributed by atoms with E-state index in [1.807, 2.05) is 7.05 Å². The first-order valence-corrected chi connectivity index (χ1v) is 14.2. The Hall–Kier alpha value is -2.72. The van der Waals surface area contributed by atoms with Crippen molar-refractivity contribution >= 4 is 23.6 Å². The number of carbonyl (C=O) groups excluding carboxylic acids is 3. The summed E-state index contributed by atoms with van der Waals surface area (Å²) in [7, 11) is 2.00. The number of nitrogens with one attached hydrogen (secondary N) is 2. The molecule has 218 valence electrons. The molecule has 2 aliphatic rings. The number of nitrogens with two attached hydrogens (primary N) is 1. The maximum atomic E-state index is 15.3. The second-order valence-electron chi connectivity index (χ2n) is 12.0. The highest BCUT2D eigenvalue weighted by molar-refractivity contribution is 5.95. The van der Waals surface area contributed by atoms with E-state index in [1.165, 1.54) is 12.1 Å². The molecule has 3 rings (SSSR count). The number of piperazine rings is 1. The Morgan fingerprint density at radius 3 is 2.23 bits per heavy atom. The van der Waals surface area contributed by atoms with E-state index < -0.39 is 41.4 Å². The Balaban J connectivity index is 1.79. The maximum Gasteiger partial charge on any atom is 0.407 e. The molecule has 9 nitrogen and oxygen atoms in total. The molecular formula is C29H46FN5O4. The molecule has 3 amide bonds. The van der Waals surface area contributed by atoms with E-state index in [0.717, 1.165) is 51.6 Å². The van der Waals surface area contributed by atoms with Crippen molar-refractivity contribution in [2.45, 2.75) is 89.8 Å². The number of benzene rings is 1. The van der Waals surface area contributed by atoms with Crippen LogP contribution in [-0.2, 0) is 14.3 Å². The first kappa shape index (κ1) is 30.8. The molecular weight excluding hydrogens is 501 g/mol. The van der Waals surface area contributed by atoms with E-state index in [9.17, 15) is 14.4 Å². The summed E-state index contributed by atoms with van der Waals surface area (Å²) in [6, 6.07) is 2.98. The third kappa shape index (κ3) is 8.89. The second-order valence-corrected chi connectivity index (χ2v) is 12.0. The number of carbonyl (C=O) groups is 3. The first-order valence-electron chi connectivity index (χ1n) is 14.2. The molecule has 39 heavy (non-hydrogen) atoms. The SMILES string of the molecule is C[C@@H](NC(=O)OC(C)(C)C)[C@@H](C(=O)N1CCN(C)CC1)c1ccc(NC(=O)[C@@H](N)C2CCCCCC2)c(F)c1. The minimum absolute atomic E-state index is 0.0198. The number of hydrogen-bond acceptors (Lipinski definition) is 6. The minimum atomic E-state index is -0.839. The molecule has 1 aliphatic heterocycles. The quantitative estimate of drug-likeness (QED) is 0.447. The number of amides is 3. The van der Waals surface area contributed by atoms with Crippen molar-refractivity contribution in [3.63, 3.8) is 0 Å². The lowest BCUT2D eigenvalue weighted by molar-refractivity contribution is -0.135. The molecule has 1 aromatic rings. The van der Waals surface area contributed by atoms with Crippen molar-refractivity contribution in [2.24, 2.45) is 11.7 Å². The second kappa shape index (κ2) is 13.6. The van der Waals surface area contributed by atoms with Crippen molar-refractivity contribution in [3.05, 3.63) is 29.6 Å². The Morgan fingerprint density at radius 1 is 1.05 bits per heavy atom. The summed E-state index contributed by atoms with van der Waals surface area (Å²) in [4.78, 5) is 42.9. The van der Waals surface area contributed by atoms with Gasteiger partial charge in [0.05, 0.1) is 17.6 Å². The fourth-order valence-corrected chi connectivity index (χ4v) is 5.37. The molecule has 1 saturated carbocycles. The fourth-order valence-electron chi connectivity index (χ4n) is 5.37.